The minimum Gasteiger partial charge on any atom is -0.462 e. The monoisotopic (exact) mass is 292 g/mol. The SMILES string of the molecule is CCOC(=O)c1c(N)nsc1N(C)Cc1cccnc1. The van der Waals surface area contributed by atoms with E-state index in [2.05, 4.69) is 9.36 Å². The van der Waals surface area contributed by atoms with Gasteiger partial charge in [-0.1, -0.05) is 6.07 Å². The minimum atomic E-state index is -0.438. The zero-order valence-electron chi connectivity index (χ0n) is 11.4. The molecule has 0 saturated carbocycles. The number of nitrogen functional groups attached to an aromatic ring is 1. The number of nitrogens with two attached hydrogens (primary N) is 1. The maximum Gasteiger partial charge on any atom is 0.345 e. The summed E-state index contributed by atoms with van der Waals surface area (Å²) in [5.74, 6) is -0.228. The standard InChI is InChI=1S/C13H16N4O2S/c1-3-19-13(18)10-11(14)16-20-12(10)17(2)8-9-5-4-6-15-7-9/h4-7H,3,8H2,1-2H3,(H2,14,16). The zero-order valence-corrected chi connectivity index (χ0v) is 12.2. The van der Waals surface area contributed by atoms with Gasteiger partial charge in [-0.2, -0.15) is 4.37 Å². The second-order valence-corrected chi connectivity index (χ2v) is 4.94. The first-order chi connectivity index (χ1) is 9.63. The van der Waals surface area contributed by atoms with Crippen LogP contribution in [0.1, 0.15) is 22.8 Å². The van der Waals surface area contributed by atoms with Gasteiger partial charge in [0.15, 0.2) is 5.82 Å². The largest absolute Gasteiger partial charge is 0.462 e. The van der Waals surface area contributed by atoms with E-state index in [1.807, 2.05) is 24.1 Å². The fourth-order valence-electron chi connectivity index (χ4n) is 1.79. The van der Waals surface area contributed by atoms with E-state index >= 15 is 0 Å². The van der Waals surface area contributed by atoms with E-state index in [9.17, 15) is 4.79 Å². The molecule has 2 aromatic rings. The lowest BCUT2D eigenvalue weighted by Crippen LogP contribution is -2.19. The van der Waals surface area contributed by atoms with Crippen molar-refractivity contribution in [2.75, 3.05) is 24.3 Å². The molecule has 0 aliphatic heterocycles. The quantitative estimate of drug-likeness (QED) is 0.848. The van der Waals surface area contributed by atoms with Crippen molar-refractivity contribution in [1.29, 1.82) is 0 Å². The highest BCUT2D eigenvalue weighted by molar-refractivity contribution is 7.11. The van der Waals surface area contributed by atoms with Crippen molar-refractivity contribution >= 4 is 28.3 Å². The lowest BCUT2D eigenvalue weighted by atomic mass is 10.2. The topological polar surface area (TPSA) is 81.3 Å². The number of anilines is 2. The van der Waals surface area contributed by atoms with E-state index < -0.39 is 5.97 Å². The number of nitrogens with zero attached hydrogens (tertiary/aromatic N) is 3. The molecule has 0 radical (unpaired) electrons. The molecule has 0 aromatic carbocycles. The number of aromatic nitrogens is 2. The normalized spacial score (nSPS) is 10.3. The summed E-state index contributed by atoms with van der Waals surface area (Å²) in [6.45, 7) is 2.68. The Labute approximate surface area is 121 Å². The highest BCUT2D eigenvalue weighted by atomic mass is 32.1. The number of carbonyl (C=O) groups excluding carboxylic acids is 1. The van der Waals surface area contributed by atoms with Gasteiger partial charge in [0.2, 0.25) is 0 Å². The van der Waals surface area contributed by atoms with Crippen molar-refractivity contribution in [1.82, 2.24) is 9.36 Å². The molecule has 2 aromatic heterocycles. The van der Waals surface area contributed by atoms with Gasteiger partial charge in [0.25, 0.3) is 0 Å². The van der Waals surface area contributed by atoms with Crippen LogP contribution in [0.3, 0.4) is 0 Å². The molecule has 6 nitrogen and oxygen atoms in total. The summed E-state index contributed by atoms with van der Waals surface area (Å²) in [4.78, 5) is 17.9. The number of ether oxygens (including phenoxy) is 1. The Morgan fingerprint density at radius 3 is 3.00 bits per heavy atom. The third kappa shape index (κ3) is 3.05. The van der Waals surface area contributed by atoms with Crippen LogP contribution in [-0.4, -0.2) is 29.0 Å². The van der Waals surface area contributed by atoms with Crippen LogP contribution in [0.4, 0.5) is 10.8 Å². The second kappa shape index (κ2) is 6.33. The van der Waals surface area contributed by atoms with Gasteiger partial charge in [0.1, 0.15) is 10.6 Å². The summed E-state index contributed by atoms with van der Waals surface area (Å²) in [5.41, 5.74) is 7.14. The van der Waals surface area contributed by atoms with Crippen LogP contribution < -0.4 is 10.6 Å². The van der Waals surface area contributed by atoms with Crippen LogP contribution >= 0.6 is 11.5 Å². The third-order valence-corrected chi connectivity index (χ3v) is 3.65. The van der Waals surface area contributed by atoms with Gasteiger partial charge in [0.05, 0.1) is 6.61 Å². The van der Waals surface area contributed by atoms with Crippen LogP contribution in [0.15, 0.2) is 24.5 Å². The number of esters is 1. The smallest absolute Gasteiger partial charge is 0.345 e. The van der Waals surface area contributed by atoms with Crippen LogP contribution in [0.2, 0.25) is 0 Å². The van der Waals surface area contributed by atoms with Crippen LogP contribution in [-0.2, 0) is 11.3 Å². The minimum absolute atomic E-state index is 0.210. The Morgan fingerprint density at radius 2 is 2.35 bits per heavy atom. The molecule has 2 heterocycles. The van der Waals surface area contributed by atoms with E-state index in [1.54, 1.807) is 19.3 Å². The van der Waals surface area contributed by atoms with Crippen LogP contribution in [0, 0.1) is 0 Å². The average molecular weight is 292 g/mol. The van der Waals surface area contributed by atoms with Crippen molar-refractivity contribution in [2.45, 2.75) is 13.5 Å². The molecule has 0 bridgehead atoms. The number of hydrogen-bond acceptors (Lipinski definition) is 7. The molecule has 0 atom stereocenters. The summed E-state index contributed by atoms with van der Waals surface area (Å²) >= 11 is 1.19. The van der Waals surface area contributed by atoms with Gasteiger partial charge in [-0.15, -0.1) is 0 Å². The first-order valence-corrected chi connectivity index (χ1v) is 6.93. The fraction of sp³-hybridized carbons (Fsp3) is 0.308. The molecule has 0 amide bonds. The second-order valence-electron chi connectivity index (χ2n) is 4.19. The van der Waals surface area contributed by atoms with Gasteiger partial charge < -0.3 is 15.4 Å². The molecule has 0 unspecified atom stereocenters. The third-order valence-electron chi connectivity index (χ3n) is 2.67. The first-order valence-electron chi connectivity index (χ1n) is 6.15. The van der Waals surface area contributed by atoms with Crippen molar-refractivity contribution in [3.63, 3.8) is 0 Å². The zero-order chi connectivity index (χ0) is 14.5. The maximum absolute atomic E-state index is 11.9. The highest BCUT2D eigenvalue weighted by Crippen LogP contribution is 2.31. The molecule has 0 aliphatic carbocycles. The molecule has 20 heavy (non-hydrogen) atoms. The molecule has 0 aliphatic rings. The summed E-state index contributed by atoms with van der Waals surface area (Å²) in [5, 5.41) is 0.699. The lowest BCUT2D eigenvalue weighted by Gasteiger charge is -2.18. The first kappa shape index (κ1) is 14.3. The van der Waals surface area contributed by atoms with Crippen molar-refractivity contribution in [3.8, 4) is 0 Å². The Morgan fingerprint density at radius 1 is 1.55 bits per heavy atom. The molecule has 7 heteroatoms. The molecule has 2 rings (SSSR count). The lowest BCUT2D eigenvalue weighted by molar-refractivity contribution is 0.0528. The molecular formula is C13H16N4O2S. The summed E-state index contributed by atoms with van der Waals surface area (Å²) in [6.07, 6.45) is 3.50. The van der Waals surface area contributed by atoms with Crippen LogP contribution in [0.5, 0.6) is 0 Å². The number of rotatable bonds is 5. The molecule has 0 fully saturated rings. The van der Waals surface area contributed by atoms with E-state index in [1.165, 1.54) is 11.5 Å². The van der Waals surface area contributed by atoms with Crippen molar-refractivity contribution in [2.24, 2.45) is 0 Å². The summed E-state index contributed by atoms with van der Waals surface area (Å²) < 4.78 is 9.06. The predicted molar refractivity (Wildman–Crippen MR) is 78.8 cm³/mol. The van der Waals surface area contributed by atoms with E-state index in [-0.39, 0.29) is 5.82 Å². The highest BCUT2D eigenvalue weighted by Gasteiger charge is 2.23. The van der Waals surface area contributed by atoms with Gasteiger partial charge in [-0.05, 0) is 30.1 Å². The Bertz CT molecular complexity index is 585. The summed E-state index contributed by atoms with van der Waals surface area (Å²) in [7, 11) is 1.88. The molecule has 2 N–H and O–H groups in total. The summed E-state index contributed by atoms with van der Waals surface area (Å²) in [6, 6.07) is 3.84. The van der Waals surface area contributed by atoms with Crippen molar-refractivity contribution in [3.05, 3.63) is 35.7 Å². The maximum atomic E-state index is 11.9. The van der Waals surface area contributed by atoms with E-state index in [0.717, 1.165) is 5.56 Å². The number of carbonyl (C=O) groups is 1. The number of pyridine rings is 1. The Kier molecular flexibility index (Phi) is 4.52. The van der Waals surface area contributed by atoms with E-state index in [0.29, 0.717) is 23.7 Å². The molecule has 0 saturated heterocycles. The molecule has 0 spiro atoms. The number of hydrogen-bond donors (Lipinski definition) is 1. The van der Waals surface area contributed by atoms with Crippen LogP contribution in [0.25, 0.3) is 0 Å². The van der Waals surface area contributed by atoms with Gasteiger partial charge >= 0.3 is 5.97 Å². The fourth-order valence-corrected chi connectivity index (χ4v) is 2.55. The molecule has 106 valence electrons. The van der Waals surface area contributed by atoms with E-state index in [4.69, 9.17) is 10.5 Å². The average Bonchev–Trinajstić information content (AvgIpc) is 2.82. The van der Waals surface area contributed by atoms with Gasteiger partial charge in [0, 0.05) is 26.0 Å². The van der Waals surface area contributed by atoms with Gasteiger partial charge in [-0.3, -0.25) is 4.98 Å². The Balaban J connectivity index is 2.22. The predicted octanol–water partition coefficient (Wildman–Crippen LogP) is 1.93. The Hall–Kier alpha value is -2.15. The van der Waals surface area contributed by atoms with Crippen molar-refractivity contribution < 1.29 is 9.53 Å². The molecular weight excluding hydrogens is 276 g/mol. The van der Waals surface area contributed by atoms with Gasteiger partial charge in [-0.25, -0.2) is 4.79 Å².